The van der Waals surface area contributed by atoms with Gasteiger partial charge in [-0.15, -0.1) is 0 Å². The summed E-state index contributed by atoms with van der Waals surface area (Å²) >= 11 is 0. The molecule has 1 rings (SSSR count). The molecule has 110 valence electrons. The van der Waals surface area contributed by atoms with Crippen LogP contribution in [0.3, 0.4) is 0 Å². The predicted molar refractivity (Wildman–Crippen MR) is 75.4 cm³/mol. The van der Waals surface area contributed by atoms with E-state index < -0.39 is 12.1 Å². The summed E-state index contributed by atoms with van der Waals surface area (Å²) in [4.78, 5) is 22.0. The second kappa shape index (κ2) is 8.32. The Morgan fingerprint density at radius 3 is 2.35 bits per heavy atom. The van der Waals surface area contributed by atoms with E-state index >= 15 is 0 Å². The number of carbonyl (C=O) groups is 2. The van der Waals surface area contributed by atoms with Gasteiger partial charge in [0.1, 0.15) is 0 Å². The zero-order valence-corrected chi connectivity index (χ0v) is 11.6. The lowest BCUT2D eigenvalue weighted by Crippen LogP contribution is -2.37. The van der Waals surface area contributed by atoms with Gasteiger partial charge in [-0.2, -0.15) is 0 Å². The van der Waals surface area contributed by atoms with E-state index in [0.717, 1.165) is 24.8 Å². The van der Waals surface area contributed by atoms with Gasteiger partial charge in [-0.1, -0.05) is 37.6 Å². The minimum atomic E-state index is -1.56. The monoisotopic (exact) mass is 279 g/mol. The molecule has 1 amide bonds. The summed E-state index contributed by atoms with van der Waals surface area (Å²) in [6, 6.07) is 7.81. The Kier molecular flexibility index (Phi) is 6.73. The van der Waals surface area contributed by atoms with Gasteiger partial charge in [-0.3, -0.25) is 4.79 Å². The molecule has 0 spiro atoms. The maximum Gasteiger partial charge on any atom is 0.334 e. The number of carboxylic acid groups (broad SMARTS) is 1. The molecule has 1 aromatic rings. The van der Waals surface area contributed by atoms with E-state index in [1.165, 1.54) is 5.56 Å². The fourth-order valence-electron chi connectivity index (χ4n) is 1.75. The maximum absolute atomic E-state index is 11.6. The highest BCUT2D eigenvalue weighted by molar-refractivity contribution is 5.79. The number of aryl methyl sites for hydroxylation is 1. The molecule has 0 saturated heterocycles. The number of aliphatic carboxylic acids is 1. The van der Waals surface area contributed by atoms with Crippen molar-refractivity contribution in [2.24, 2.45) is 0 Å². The van der Waals surface area contributed by atoms with Crippen LogP contribution in [0.2, 0.25) is 0 Å². The topological polar surface area (TPSA) is 86.6 Å². The predicted octanol–water partition coefficient (Wildman–Crippen LogP) is 1.13. The van der Waals surface area contributed by atoms with E-state index in [1.807, 2.05) is 24.3 Å². The summed E-state index contributed by atoms with van der Waals surface area (Å²) in [5.74, 6) is -1.64. The molecule has 0 aliphatic rings. The molecule has 1 atom stereocenters. The number of aliphatic hydroxyl groups is 1. The third kappa shape index (κ3) is 5.84. The van der Waals surface area contributed by atoms with Crippen LogP contribution in [0.15, 0.2) is 24.3 Å². The van der Waals surface area contributed by atoms with Crippen molar-refractivity contribution in [1.82, 2.24) is 5.32 Å². The van der Waals surface area contributed by atoms with Crippen LogP contribution in [0.4, 0.5) is 0 Å². The highest BCUT2D eigenvalue weighted by Crippen LogP contribution is 2.08. The lowest BCUT2D eigenvalue weighted by Gasteiger charge is -2.08. The zero-order valence-electron chi connectivity index (χ0n) is 11.6. The van der Waals surface area contributed by atoms with E-state index in [9.17, 15) is 9.59 Å². The average molecular weight is 279 g/mol. The summed E-state index contributed by atoms with van der Waals surface area (Å²) in [5.41, 5.74) is 2.12. The SMILES string of the molecule is CCCCc1ccc(CC(=O)NC[C@H](O)C(=O)O)cc1. The number of carbonyl (C=O) groups excluding carboxylic acids is 1. The first-order valence-electron chi connectivity index (χ1n) is 6.78. The lowest BCUT2D eigenvalue weighted by molar-refractivity contribution is -0.146. The molecule has 0 saturated carbocycles. The highest BCUT2D eigenvalue weighted by Gasteiger charge is 2.14. The van der Waals surface area contributed by atoms with Gasteiger partial charge in [0.2, 0.25) is 5.91 Å². The summed E-state index contributed by atoms with van der Waals surface area (Å²) in [6.45, 7) is 1.87. The number of nitrogens with one attached hydrogen (secondary N) is 1. The van der Waals surface area contributed by atoms with Crippen molar-refractivity contribution in [1.29, 1.82) is 0 Å². The molecule has 0 aliphatic carbocycles. The van der Waals surface area contributed by atoms with Crippen LogP contribution in [0.5, 0.6) is 0 Å². The highest BCUT2D eigenvalue weighted by atomic mass is 16.4. The van der Waals surface area contributed by atoms with E-state index in [1.54, 1.807) is 0 Å². The lowest BCUT2D eigenvalue weighted by atomic mass is 10.0. The Balaban J connectivity index is 2.40. The zero-order chi connectivity index (χ0) is 15.0. The van der Waals surface area contributed by atoms with Crippen LogP contribution in [0.1, 0.15) is 30.9 Å². The van der Waals surface area contributed by atoms with E-state index in [-0.39, 0.29) is 18.9 Å². The van der Waals surface area contributed by atoms with Gasteiger partial charge < -0.3 is 15.5 Å². The molecule has 0 fully saturated rings. The number of hydrogen-bond donors (Lipinski definition) is 3. The van der Waals surface area contributed by atoms with Gasteiger partial charge in [-0.05, 0) is 24.0 Å². The normalized spacial score (nSPS) is 11.9. The number of unbranched alkanes of at least 4 members (excludes halogenated alkanes) is 1. The van der Waals surface area contributed by atoms with Crippen molar-refractivity contribution < 1.29 is 19.8 Å². The standard InChI is InChI=1S/C15H21NO4/c1-2-3-4-11-5-7-12(8-6-11)9-14(18)16-10-13(17)15(19)20/h5-8,13,17H,2-4,9-10H2,1H3,(H,16,18)(H,19,20)/t13-/m0/s1. The fraction of sp³-hybridized carbons (Fsp3) is 0.467. The first kappa shape index (κ1) is 16.2. The summed E-state index contributed by atoms with van der Waals surface area (Å²) < 4.78 is 0. The van der Waals surface area contributed by atoms with Crippen molar-refractivity contribution in [2.75, 3.05) is 6.54 Å². The van der Waals surface area contributed by atoms with Crippen LogP contribution in [0.25, 0.3) is 0 Å². The number of carboxylic acids is 1. The first-order chi connectivity index (χ1) is 9.52. The van der Waals surface area contributed by atoms with Crippen LogP contribution < -0.4 is 5.32 Å². The van der Waals surface area contributed by atoms with E-state index in [4.69, 9.17) is 10.2 Å². The summed E-state index contributed by atoms with van der Waals surface area (Å²) in [6.07, 6.45) is 1.95. The molecule has 1 aromatic carbocycles. The number of benzene rings is 1. The average Bonchev–Trinajstić information content (AvgIpc) is 2.44. The quantitative estimate of drug-likeness (QED) is 0.666. The largest absolute Gasteiger partial charge is 0.479 e. The van der Waals surface area contributed by atoms with Crippen LogP contribution in [0, 0.1) is 0 Å². The Bertz CT molecular complexity index is 442. The van der Waals surface area contributed by atoms with Gasteiger partial charge in [-0.25, -0.2) is 4.79 Å². The minimum Gasteiger partial charge on any atom is -0.479 e. The van der Waals surface area contributed by atoms with Crippen molar-refractivity contribution in [2.45, 2.75) is 38.7 Å². The third-order valence-electron chi connectivity index (χ3n) is 2.98. The Morgan fingerprint density at radius 2 is 1.80 bits per heavy atom. The molecule has 0 aromatic heterocycles. The van der Waals surface area contributed by atoms with E-state index in [2.05, 4.69) is 12.2 Å². The molecule has 0 bridgehead atoms. The molecule has 0 unspecified atom stereocenters. The maximum atomic E-state index is 11.6. The molecule has 5 heteroatoms. The molecule has 0 aliphatic heterocycles. The van der Waals surface area contributed by atoms with Crippen molar-refractivity contribution in [3.05, 3.63) is 35.4 Å². The third-order valence-corrected chi connectivity index (χ3v) is 2.98. The molecule has 5 nitrogen and oxygen atoms in total. The number of hydrogen-bond acceptors (Lipinski definition) is 3. The fourth-order valence-corrected chi connectivity index (χ4v) is 1.75. The van der Waals surface area contributed by atoms with Gasteiger partial charge in [0.25, 0.3) is 0 Å². The number of amides is 1. The molecule has 20 heavy (non-hydrogen) atoms. The van der Waals surface area contributed by atoms with Gasteiger partial charge in [0, 0.05) is 0 Å². The molecule has 3 N–H and O–H groups in total. The van der Waals surface area contributed by atoms with E-state index in [0.29, 0.717) is 0 Å². The Hall–Kier alpha value is -1.88. The Labute approximate surface area is 118 Å². The van der Waals surface area contributed by atoms with Crippen molar-refractivity contribution in [3.8, 4) is 0 Å². The minimum absolute atomic E-state index is 0.181. The van der Waals surface area contributed by atoms with Gasteiger partial charge in [0.05, 0.1) is 13.0 Å². The number of aliphatic hydroxyl groups excluding tert-OH is 1. The van der Waals surface area contributed by atoms with Crippen LogP contribution >= 0.6 is 0 Å². The van der Waals surface area contributed by atoms with Crippen molar-refractivity contribution >= 4 is 11.9 Å². The smallest absolute Gasteiger partial charge is 0.334 e. The number of rotatable bonds is 8. The molecular weight excluding hydrogens is 258 g/mol. The molecule has 0 heterocycles. The van der Waals surface area contributed by atoms with Crippen LogP contribution in [-0.2, 0) is 22.4 Å². The Morgan fingerprint density at radius 1 is 1.20 bits per heavy atom. The summed E-state index contributed by atoms with van der Waals surface area (Å²) in [5, 5.41) is 19.9. The molecule has 0 radical (unpaired) electrons. The second-order valence-corrected chi connectivity index (χ2v) is 4.75. The summed E-state index contributed by atoms with van der Waals surface area (Å²) in [7, 11) is 0. The van der Waals surface area contributed by atoms with Crippen LogP contribution in [-0.4, -0.2) is 34.7 Å². The van der Waals surface area contributed by atoms with Gasteiger partial charge >= 0.3 is 5.97 Å². The second-order valence-electron chi connectivity index (χ2n) is 4.75. The van der Waals surface area contributed by atoms with Gasteiger partial charge in [0.15, 0.2) is 6.10 Å². The first-order valence-corrected chi connectivity index (χ1v) is 6.78. The molecular formula is C15H21NO4. The van der Waals surface area contributed by atoms with Crippen molar-refractivity contribution in [3.63, 3.8) is 0 Å².